The van der Waals surface area contributed by atoms with Crippen LogP contribution in [0.3, 0.4) is 0 Å². The Kier molecular flexibility index (Phi) is 7.77. The normalized spacial score (nSPS) is 18.5. The van der Waals surface area contributed by atoms with Crippen LogP contribution in [0.1, 0.15) is 29.0 Å². The van der Waals surface area contributed by atoms with Gasteiger partial charge in [0, 0.05) is 31.6 Å². The number of amides is 1. The number of aryl methyl sites for hydroxylation is 1. The summed E-state index contributed by atoms with van der Waals surface area (Å²) < 4.78 is 28.3. The lowest BCUT2D eigenvalue weighted by Crippen LogP contribution is -2.52. The summed E-state index contributed by atoms with van der Waals surface area (Å²) in [6, 6.07) is 26.7. The third-order valence-electron chi connectivity index (χ3n) is 6.26. The summed E-state index contributed by atoms with van der Waals surface area (Å²) in [5.41, 5.74) is 3.28. The van der Waals surface area contributed by atoms with E-state index in [0.29, 0.717) is 26.1 Å². The van der Waals surface area contributed by atoms with E-state index < -0.39 is 10.0 Å². The lowest BCUT2D eigenvalue weighted by molar-refractivity contribution is -0.125. The van der Waals surface area contributed by atoms with Gasteiger partial charge in [-0.2, -0.15) is 0 Å². The summed E-state index contributed by atoms with van der Waals surface area (Å²) in [6.07, 6.45) is 0.450. The number of rotatable bonds is 8. The van der Waals surface area contributed by atoms with E-state index in [0.717, 1.165) is 16.7 Å². The molecular weight excluding hydrogens is 446 g/mol. The molecule has 1 saturated heterocycles. The molecule has 1 unspecified atom stereocenters. The maximum Gasteiger partial charge on any atom is 0.240 e. The molecule has 3 N–H and O–H groups in total. The monoisotopic (exact) mass is 477 g/mol. The van der Waals surface area contributed by atoms with Gasteiger partial charge in [-0.25, -0.2) is 13.1 Å². The van der Waals surface area contributed by atoms with Crippen molar-refractivity contribution in [2.75, 3.05) is 19.6 Å². The SMILES string of the molecule is Cc1ccc(S(=O)(=O)NC2CNC[C@@H](C(=O)NCC(c3ccccc3)c3ccccc3)C2)cc1. The molecule has 3 aromatic rings. The topological polar surface area (TPSA) is 87.3 Å². The molecule has 3 aromatic carbocycles. The second-order valence-electron chi connectivity index (χ2n) is 8.84. The average molecular weight is 478 g/mol. The first kappa shape index (κ1) is 24.1. The summed E-state index contributed by atoms with van der Waals surface area (Å²) in [5, 5.41) is 6.33. The van der Waals surface area contributed by atoms with Crippen molar-refractivity contribution in [3.05, 3.63) is 102 Å². The van der Waals surface area contributed by atoms with Gasteiger partial charge in [0.15, 0.2) is 0 Å². The van der Waals surface area contributed by atoms with E-state index >= 15 is 0 Å². The Morgan fingerprint density at radius 3 is 2.09 bits per heavy atom. The van der Waals surface area contributed by atoms with Gasteiger partial charge in [0.1, 0.15) is 0 Å². The Morgan fingerprint density at radius 1 is 0.912 bits per heavy atom. The zero-order valence-corrected chi connectivity index (χ0v) is 20.1. The molecule has 7 heteroatoms. The minimum absolute atomic E-state index is 0.0405. The number of nitrogens with one attached hydrogen (secondary N) is 3. The fraction of sp³-hybridized carbons (Fsp3) is 0.296. The van der Waals surface area contributed by atoms with Crippen molar-refractivity contribution in [2.24, 2.45) is 5.92 Å². The molecule has 1 heterocycles. The molecule has 178 valence electrons. The molecule has 1 aliphatic rings. The maximum atomic E-state index is 13.1. The quantitative estimate of drug-likeness (QED) is 0.465. The molecule has 0 aromatic heterocycles. The number of hydrogen-bond acceptors (Lipinski definition) is 4. The van der Waals surface area contributed by atoms with Crippen LogP contribution in [-0.4, -0.2) is 40.0 Å². The molecule has 4 rings (SSSR count). The van der Waals surface area contributed by atoms with Gasteiger partial charge >= 0.3 is 0 Å². The van der Waals surface area contributed by atoms with Crippen molar-refractivity contribution in [1.29, 1.82) is 0 Å². The second kappa shape index (κ2) is 11.0. The Balaban J connectivity index is 1.39. The fourth-order valence-corrected chi connectivity index (χ4v) is 5.63. The number of carbonyl (C=O) groups is 1. The van der Waals surface area contributed by atoms with Crippen LogP contribution in [0, 0.1) is 12.8 Å². The first-order chi connectivity index (χ1) is 16.4. The summed E-state index contributed by atoms with van der Waals surface area (Å²) in [6.45, 7) is 3.41. The Labute approximate surface area is 201 Å². The number of hydrogen-bond donors (Lipinski definition) is 3. The standard InChI is InChI=1S/C27H31N3O3S/c1-20-12-14-25(15-13-20)34(32,33)30-24-16-23(17-28-18-24)27(31)29-19-26(21-8-4-2-5-9-21)22-10-6-3-7-11-22/h2-15,23-24,26,28,30H,16-19H2,1H3,(H,29,31)/t23-,24?/m0/s1. The molecule has 1 aliphatic heterocycles. The second-order valence-corrected chi connectivity index (χ2v) is 10.6. The molecule has 34 heavy (non-hydrogen) atoms. The first-order valence-electron chi connectivity index (χ1n) is 11.6. The van der Waals surface area contributed by atoms with Crippen molar-refractivity contribution in [3.63, 3.8) is 0 Å². The van der Waals surface area contributed by atoms with Gasteiger partial charge in [0.25, 0.3) is 0 Å². The lowest BCUT2D eigenvalue weighted by Gasteiger charge is -2.30. The van der Waals surface area contributed by atoms with Crippen LogP contribution in [0.15, 0.2) is 89.8 Å². The minimum Gasteiger partial charge on any atom is -0.355 e. The highest BCUT2D eigenvalue weighted by Crippen LogP contribution is 2.24. The average Bonchev–Trinajstić information content (AvgIpc) is 2.85. The third kappa shape index (κ3) is 6.11. The highest BCUT2D eigenvalue weighted by atomic mass is 32.2. The van der Waals surface area contributed by atoms with Crippen LogP contribution in [-0.2, 0) is 14.8 Å². The molecular formula is C27H31N3O3S. The van der Waals surface area contributed by atoms with Crippen LogP contribution >= 0.6 is 0 Å². The van der Waals surface area contributed by atoms with E-state index in [4.69, 9.17) is 0 Å². The molecule has 0 saturated carbocycles. The predicted molar refractivity (Wildman–Crippen MR) is 134 cm³/mol. The van der Waals surface area contributed by atoms with E-state index in [2.05, 4.69) is 39.6 Å². The number of sulfonamides is 1. The summed E-state index contributed by atoms with van der Waals surface area (Å²) in [4.78, 5) is 13.3. The Hall–Kier alpha value is -3.00. The van der Waals surface area contributed by atoms with E-state index in [-0.39, 0.29) is 28.7 Å². The Morgan fingerprint density at radius 2 is 1.50 bits per heavy atom. The van der Waals surface area contributed by atoms with Crippen LogP contribution < -0.4 is 15.4 Å². The van der Waals surface area contributed by atoms with Crippen LogP contribution in [0.2, 0.25) is 0 Å². The highest BCUT2D eigenvalue weighted by Gasteiger charge is 2.30. The van der Waals surface area contributed by atoms with Gasteiger partial charge in [-0.15, -0.1) is 0 Å². The van der Waals surface area contributed by atoms with Crippen LogP contribution in [0.5, 0.6) is 0 Å². The number of carbonyl (C=O) groups excluding carboxylic acids is 1. The van der Waals surface area contributed by atoms with Gasteiger partial charge < -0.3 is 10.6 Å². The number of piperidine rings is 1. The van der Waals surface area contributed by atoms with Crippen molar-refractivity contribution >= 4 is 15.9 Å². The lowest BCUT2D eigenvalue weighted by atomic mass is 9.90. The smallest absolute Gasteiger partial charge is 0.240 e. The van der Waals surface area contributed by atoms with E-state index in [9.17, 15) is 13.2 Å². The molecule has 0 spiro atoms. The van der Waals surface area contributed by atoms with Crippen molar-refractivity contribution in [3.8, 4) is 0 Å². The molecule has 1 amide bonds. The zero-order chi connectivity index (χ0) is 24.0. The van der Waals surface area contributed by atoms with Crippen molar-refractivity contribution in [2.45, 2.75) is 30.2 Å². The highest BCUT2D eigenvalue weighted by molar-refractivity contribution is 7.89. The maximum absolute atomic E-state index is 13.1. The summed E-state index contributed by atoms with van der Waals surface area (Å²) in [7, 11) is -3.65. The molecule has 0 radical (unpaired) electrons. The zero-order valence-electron chi connectivity index (χ0n) is 19.3. The van der Waals surface area contributed by atoms with E-state index in [1.54, 1.807) is 24.3 Å². The van der Waals surface area contributed by atoms with Crippen molar-refractivity contribution in [1.82, 2.24) is 15.4 Å². The number of benzene rings is 3. The molecule has 6 nitrogen and oxygen atoms in total. The molecule has 2 atom stereocenters. The summed E-state index contributed by atoms with van der Waals surface area (Å²) in [5.74, 6) is -0.339. The van der Waals surface area contributed by atoms with Gasteiger partial charge in [0.05, 0.1) is 10.8 Å². The van der Waals surface area contributed by atoms with E-state index in [1.165, 1.54) is 0 Å². The molecule has 0 bridgehead atoms. The summed E-state index contributed by atoms with van der Waals surface area (Å²) >= 11 is 0. The Bertz CT molecular complexity index is 1140. The third-order valence-corrected chi connectivity index (χ3v) is 7.80. The largest absolute Gasteiger partial charge is 0.355 e. The van der Waals surface area contributed by atoms with Gasteiger partial charge in [-0.05, 0) is 36.6 Å². The van der Waals surface area contributed by atoms with Gasteiger partial charge in [-0.1, -0.05) is 78.4 Å². The van der Waals surface area contributed by atoms with Gasteiger partial charge in [-0.3, -0.25) is 4.79 Å². The first-order valence-corrected chi connectivity index (χ1v) is 13.1. The minimum atomic E-state index is -3.65. The predicted octanol–water partition coefficient (Wildman–Crippen LogP) is 3.20. The van der Waals surface area contributed by atoms with Crippen LogP contribution in [0.4, 0.5) is 0 Å². The molecule has 1 fully saturated rings. The van der Waals surface area contributed by atoms with Crippen molar-refractivity contribution < 1.29 is 13.2 Å². The molecule has 0 aliphatic carbocycles. The van der Waals surface area contributed by atoms with Crippen LogP contribution in [0.25, 0.3) is 0 Å². The fourth-order valence-electron chi connectivity index (χ4n) is 4.38. The van der Waals surface area contributed by atoms with E-state index in [1.807, 2.05) is 43.3 Å². The van der Waals surface area contributed by atoms with Gasteiger partial charge in [0.2, 0.25) is 15.9 Å².